The molecule has 7 rings (SSSR count). The van der Waals surface area contributed by atoms with Gasteiger partial charge in [0.2, 0.25) is 11.7 Å². The highest BCUT2D eigenvalue weighted by atomic mass is 33.5. The largest absolute Gasteiger partial charge is 0.493 e. The molecular weight excluding hydrogens is 1240 g/mol. The minimum atomic E-state index is -2.54. The van der Waals surface area contributed by atoms with Crippen LogP contribution in [0.1, 0.15) is 84.0 Å². The van der Waals surface area contributed by atoms with Gasteiger partial charge in [-0.2, -0.15) is 17.2 Å². The van der Waals surface area contributed by atoms with Gasteiger partial charge in [-0.15, -0.1) is 0 Å². The van der Waals surface area contributed by atoms with Crippen LogP contribution in [0.25, 0.3) is 0 Å². The Labute approximate surface area is 535 Å². The first-order chi connectivity index (χ1) is 42.5. The average Bonchev–Trinajstić information content (AvgIpc) is 0.971. The molecule has 2 bridgehead atoms. The minimum Gasteiger partial charge on any atom is -0.493 e. The summed E-state index contributed by atoms with van der Waals surface area (Å²) in [5, 5.41) is 57.4. The number of carbonyl (C=O) groups excluding carboxylic acids is 4. The Morgan fingerprint density at radius 2 is 1.63 bits per heavy atom. The van der Waals surface area contributed by atoms with Crippen LogP contribution in [0.5, 0.6) is 11.5 Å². The molecule has 3 aliphatic carbocycles. The minimum absolute atomic E-state index is 0.0134. The highest BCUT2D eigenvalue weighted by Gasteiger charge is 2.56. The number of thioether (sulfide) groups is 1. The highest BCUT2D eigenvalue weighted by molar-refractivity contribution is 9.09. The number of fused-ring (bicyclic) bond motifs is 2. The summed E-state index contributed by atoms with van der Waals surface area (Å²) in [5.41, 5.74) is -0.298. The van der Waals surface area contributed by atoms with Gasteiger partial charge >= 0.3 is 5.97 Å². The van der Waals surface area contributed by atoms with E-state index in [0.717, 1.165) is 0 Å². The number of hydrogen-bond donors (Lipinski definition) is 8. The van der Waals surface area contributed by atoms with E-state index in [0.29, 0.717) is 0 Å². The zero-order chi connectivity index (χ0) is 64.9. The monoisotopic (exact) mass is 1320 g/mol. The molecule has 2 unspecified atom stereocenters. The van der Waals surface area contributed by atoms with Gasteiger partial charge in [0.05, 0.1) is 98.8 Å². The number of anilines is 1. The summed E-state index contributed by atoms with van der Waals surface area (Å²) in [4.78, 5) is 62.9. The number of benzene rings is 1. The number of hydroxylamine groups is 1. The molecule has 0 spiro atoms. The Morgan fingerprint density at radius 1 is 0.899 bits per heavy atom. The van der Waals surface area contributed by atoms with E-state index in [9.17, 15) is 34.8 Å². The maximum absolute atomic E-state index is 15.7. The number of methoxy groups -OCH3 is 4. The topological polar surface area (TPSA) is 308 Å². The van der Waals surface area contributed by atoms with Gasteiger partial charge in [-0.3, -0.25) is 19.2 Å². The molecule has 2 amide bonds. The first-order valence-electron chi connectivity index (χ1n) is 29.2. The van der Waals surface area contributed by atoms with Crippen LogP contribution in [0, 0.1) is 29.6 Å². The summed E-state index contributed by atoms with van der Waals surface area (Å²) in [6, 6.07) is 1.53. The molecule has 3 aliphatic heterocycles. The third-order valence-electron chi connectivity index (χ3n) is 15.9. The third-order valence-corrected chi connectivity index (χ3v) is 20.9. The van der Waals surface area contributed by atoms with Crippen LogP contribution in [-0.4, -0.2) is 212 Å². The van der Waals surface area contributed by atoms with Crippen LogP contribution in [-0.2, 0) is 61.9 Å². The van der Waals surface area contributed by atoms with Crippen LogP contribution < -0.4 is 30.9 Å². The lowest BCUT2D eigenvalue weighted by Crippen LogP contribution is -2.65. The van der Waals surface area contributed by atoms with Crippen molar-refractivity contribution < 1.29 is 96.5 Å². The molecule has 0 radical (unpaired) electrons. The summed E-state index contributed by atoms with van der Waals surface area (Å²) in [6.45, 7) is 14.6. The molecule has 1 saturated carbocycles. The zero-order valence-corrected chi connectivity index (χ0v) is 55.2. The lowest BCUT2D eigenvalue weighted by molar-refractivity contribution is -0.336. The van der Waals surface area contributed by atoms with Crippen molar-refractivity contribution in [3.8, 4) is 35.2 Å². The van der Waals surface area contributed by atoms with E-state index in [4.69, 9.17) is 56.9 Å². The molecule has 8 N–H and O–H groups in total. The number of aliphatic hydroxyl groups is 4. The van der Waals surface area contributed by atoms with Crippen LogP contribution in [0.2, 0.25) is 0 Å². The van der Waals surface area contributed by atoms with Crippen LogP contribution in [0.15, 0.2) is 59.5 Å². The second-order valence-electron chi connectivity index (χ2n) is 22.3. The first-order valence-corrected chi connectivity index (χ1v) is 34.6. The van der Waals surface area contributed by atoms with Gasteiger partial charge in [-0.05, 0) is 60.7 Å². The van der Waals surface area contributed by atoms with Gasteiger partial charge < -0.3 is 88.5 Å². The molecule has 19 atom stereocenters. The smallest absolute Gasteiger partial charge is 0.340 e. The van der Waals surface area contributed by atoms with E-state index >= 15 is 4.79 Å². The number of allylic oxidation sites excluding steroid dienone is 2. The standard InChI is InChI=1S/C61H84N4O20S4/c1-14-46(67)64-51-49-37(20-22-88-89-87-13)61(73,57(54(51)70)81-35-23-31(4)52(68)45(24-35)82-59(72)36-25-43(76-10)44(77-11)26-38(36)63-58(71)34(7)74-8)21-18-16-15-17-19-41(49)83-60-55(84-47-28-42(75-9)39(29-78-47)62-30(2)3)53(69)50(32(5)80-60)65-85-48-27-40(66)56(86-12)33(6)79-48/h15-16,20,25-26,30-33,35,39-42,45,47-48,50,52-53,55-57,60,62,65-66,68-69,73H,7,14,22-24,27-29H2,1-6,8-13H3,(H,63,71)(H,64,67)/t31-,32+,33+,35?,39?,40-,41-,42-,45+,47+,48-,50+,52-,53-,55-,56+,57+,60+,61+/m0/s1. The van der Waals surface area contributed by atoms with Crippen molar-refractivity contribution in [2.75, 3.05) is 58.6 Å². The van der Waals surface area contributed by atoms with Crippen LogP contribution in [0.4, 0.5) is 5.69 Å². The lowest BCUT2D eigenvalue weighted by atomic mass is 9.73. The van der Waals surface area contributed by atoms with Crippen molar-refractivity contribution in [2.24, 2.45) is 5.92 Å². The molecular formula is C61H84N4O20S4. The number of carbonyl (C=O) groups is 4. The number of ketones is 1. The number of ether oxygens (including phenoxy) is 11. The Balaban J connectivity index is 1.27. The van der Waals surface area contributed by atoms with Gasteiger partial charge in [-0.1, -0.05) is 85.6 Å². The fraction of sp³-hybridized carbons (Fsp3) is 0.639. The van der Waals surface area contributed by atoms with Crippen molar-refractivity contribution in [2.45, 2.75) is 189 Å². The number of esters is 1. The van der Waals surface area contributed by atoms with Crippen LogP contribution in [0.3, 0.4) is 0 Å². The van der Waals surface area contributed by atoms with E-state index in [1.165, 1.54) is 88.8 Å². The summed E-state index contributed by atoms with van der Waals surface area (Å²) >= 11 is 1.48. The van der Waals surface area contributed by atoms with Gasteiger partial charge in [0, 0.05) is 67.9 Å². The predicted octanol–water partition coefficient (Wildman–Crippen LogP) is 4.25. The number of Topliss-reactive ketones (excluding diaryl/α,β-unsaturated/α-hetero) is 1. The Bertz CT molecular complexity index is 2880. The molecule has 3 saturated heterocycles. The van der Waals surface area contributed by atoms with Crippen molar-refractivity contribution in [1.82, 2.24) is 16.1 Å². The second-order valence-corrected chi connectivity index (χ2v) is 27.7. The normalized spacial score (nSPS) is 34.1. The van der Waals surface area contributed by atoms with E-state index in [-0.39, 0.29) is 119 Å². The average molecular weight is 1320 g/mol. The van der Waals surface area contributed by atoms with Gasteiger partial charge in [0.1, 0.15) is 24.4 Å². The van der Waals surface area contributed by atoms with Crippen LogP contribution >= 0.6 is 43.2 Å². The molecule has 6 aliphatic rings. The molecule has 28 heteroatoms. The number of hydrogen-bond acceptors (Lipinski definition) is 26. The number of aliphatic hydroxyl groups excluding tert-OH is 3. The summed E-state index contributed by atoms with van der Waals surface area (Å²) in [6.07, 6.45) is -7.51. The molecule has 89 heavy (non-hydrogen) atoms. The number of rotatable bonds is 26. The van der Waals surface area contributed by atoms with Gasteiger partial charge in [-0.25, -0.2) is 4.79 Å². The first kappa shape index (κ1) is 72.1. The zero-order valence-electron chi connectivity index (χ0n) is 52.0. The van der Waals surface area contributed by atoms with Crippen molar-refractivity contribution in [3.05, 3.63) is 65.1 Å². The predicted molar refractivity (Wildman–Crippen MR) is 336 cm³/mol. The van der Waals surface area contributed by atoms with E-state index < -0.39 is 115 Å². The Kier molecular flexibility index (Phi) is 27.1. The SMILES string of the molecule is C=C(OC)C(=O)Nc1cc(OC)c(OC)cc1C(=O)O[C@@H]1CC(O[C@@H]2C(=O)C(NC(=O)CC)=C3C(=CCSSSC)[C@]2(O)C#CC=CC#C[C@@H]3O[C@H]2O[C@H](C)[C@@H](NO[C@H]3C[C@H](O)[C@H](SC)[C@@H](C)O3)[C@H](O)[C@@H]2O[C@@H]2C[C@H](OC)C(NC(C)C)CO2)C[C@H](C)[C@@H]1O. The molecule has 492 valence electrons. The molecule has 3 heterocycles. The third kappa shape index (κ3) is 17.7. The Morgan fingerprint density at radius 3 is 2.29 bits per heavy atom. The molecule has 4 fully saturated rings. The van der Waals surface area contributed by atoms with Crippen molar-refractivity contribution >= 4 is 72.4 Å². The Hall–Kier alpha value is -4.38. The van der Waals surface area contributed by atoms with Crippen molar-refractivity contribution in [3.63, 3.8) is 0 Å². The lowest BCUT2D eigenvalue weighted by Gasteiger charge is -2.47. The number of nitrogens with one attached hydrogen (secondary N) is 4. The van der Waals surface area contributed by atoms with Crippen molar-refractivity contribution in [1.29, 1.82) is 0 Å². The second kappa shape index (κ2) is 33.5. The van der Waals surface area contributed by atoms with Gasteiger partial charge in [0.15, 0.2) is 47.8 Å². The molecule has 24 nitrogen and oxygen atoms in total. The number of amides is 2. The highest BCUT2D eigenvalue weighted by Crippen LogP contribution is 2.45. The molecule has 0 aromatic heterocycles. The van der Waals surface area contributed by atoms with E-state index in [2.05, 4.69) is 51.7 Å². The molecule has 1 aromatic rings. The maximum atomic E-state index is 15.7. The fourth-order valence-corrected chi connectivity index (χ4v) is 14.6. The summed E-state index contributed by atoms with van der Waals surface area (Å²) < 4.78 is 67.4. The quantitative estimate of drug-likeness (QED) is 0.0122. The van der Waals surface area contributed by atoms with E-state index in [1.807, 2.05) is 33.3 Å². The summed E-state index contributed by atoms with van der Waals surface area (Å²) in [7, 11) is 9.89. The fourth-order valence-electron chi connectivity index (χ4n) is 11.3. The molecule has 1 aromatic carbocycles. The van der Waals surface area contributed by atoms with Gasteiger partial charge in [0.25, 0.3) is 5.91 Å². The maximum Gasteiger partial charge on any atom is 0.340 e. The summed E-state index contributed by atoms with van der Waals surface area (Å²) in [5.74, 6) is 8.03. The van der Waals surface area contributed by atoms with E-state index in [1.54, 1.807) is 34.0 Å².